The molecule has 0 radical (unpaired) electrons. The first-order valence-electron chi connectivity index (χ1n) is 11.6. The third-order valence-corrected chi connectivity index (χ3v) is 7.15. The maximum absolute atomic E-state index is 12.9. The second-order valence-electron chi connectivity index (χ2n) is 8.02. The first-order chi connectivity index (χ1) is 18.4. The number of nitrogens with one attached hydrogen (secondary N) is 1. The van der Waals surface area contributed by atoms with Crippen molar-refractivity contribution in [2.45, 2.75) is 13.5 Å². The van der Waals surface area contributed by atoms with E-state index in [9.17, 15) is 19.6 Å². The van der Waals surface area contributed by atoms with E-state index in [1.807, 2.05) is 25.1 Å². The minimum atomic E-state index is -0.523. The standard InChI is InChI=1S/C28H22IN3O5S/c1-2-36-22-10-8-21(9-11-22)31-26(33)16-32-27(34)25(38-28(32)35)14-18-7-12-24(23(29)13-18)37-17-20-6-4-3-5-19(20)15-30/h3-14H,2,16-17H2,1H3,(H,31,33)/b25-14+. The molecular weight excluding hydrogens is 617 g/mol. The van der Waals surface area contributed by atoms with E-state index in [1.54, 1.807) is 54.6 Å². The Kier molecular flexibility index (Phi) is 9.04. The summed E-state index contributed by atoms with van der Waals surface area (Å²) in [5.74, 6) is 0.312. The van der Waals surface area contributed by atoms with E-state index in [0.29, 0.717) is 34.9 Å². The number of ether oxygens (including phenoxy) is 2. The van der Waals surface area contributed by atoms with Crippen molar-refractivity contribution in [1.29, 1.82) is 5.26 Å². The average Bonchev–Trinajstić information content (AvgIpc) is 3.16. The molecule has 1 aliphatic heterocycles. The summed E-state index contributed by atoms with van der Waals surface area (Å²) in [7, 11) is 0. The smallest absolute Gasteiger partial charge is 0.294 e. The van der Waals surface area contributed by atoms with Gasteiger partial charge in [0, 0.05) is 11.3 Å². The number of benzene rings is 3. The highest BCUT2D eigenvalue weighted by atomic mass is 127. The van der Waals surface area contributed by atoms with Crippen molar-refractivity contribution in [2.75, 3.05) is 18.5 Å². The summed E-state index contributed by atoms with van der Waals surface area (Å²) in [6, 6.07) is 21.6. The van der Waals surface area contributed by atoms with E-state index in [2.05, 4.69) is 34.0 Å². The number of halogens is 1. The topological polar surface area (TPSA) is 109 Å². The molecule has 8 nitrogen and oxygen atoms in total. The van der Waals surface area contributed by atoms with Crippen LogP contribution in [0, 0.1) is 14.9 Å². The van der Waals surface area contributed by atoms with Gasteiger partial charge in [0.2, 0.25) is 5.91 Å². The van der Waals surface area contributed by atoms with Gasteiger partial charge in [0.1, 0.15) is 24.7 Å². The molecule has 1 saturated heterocycles. The number of carbonyl (C=O) groups is 3. The lowest BCUT2D eigenvalue weighted by Gasteiger charge is -2.13. The van der Waals surface area contributed by atoms with Crippen molar-refractivity contribution in [3.63, 3.8) is 0 Å². The van der Waals surface area contributed by atoms with Crippen LogP contribution in [-0.2, 0) is 16.2 Å². The number of carbonyl (C=O) groups excluding carboxylic acids is 3. The van der Waals surface area contributed by atoms with Crippen molar-refractivity contribution in [1.82, 2.24) is 4.90 Å². The highest BCUT2D eigenvalue weighted by Gasteiger charge is 2.36. The van der Waals surface area contributed by atoms with Crippen LogP contribution in [0.5, 0.6) is 11.5 Å². The number of thioether (sulfide) groups is 1. The van der Waals surface area contributed by atoms with Gasteiger partial charge in [0.25, 0.3) is 11.1 Å². The summed E-state index contributed by atoms with van der Waals surface area (Å²) in [6.07, 6.45) is 1.62. The minimum Gasteiger partial charge on any atom is -0.494 e. The van der Waals surface area contributed by atoms with Crippen LogP contribution in [0.2, 0.25) is 0 Å². The summed E-state index contributed by atoms with van der Waals surface area (Å²) in [6.45, 7) is 2.28. The van der Waals surface area contributed by atoms with Crippen LogP contribution in [0.15, 0.2) is 71.6 Å². The maximum atomic E-state index is 12.9. The average molecular weight is 639 g/mol. The number of imide groups is 1. The fourth-order valence-corrected chi connectivity index (χ4v) is 5.10. The van der Waals surface area contributed by atoms with Crippen LogP contribution in [0.4, 0.5) is 10.5 Å². The lowest BCUT2D eigenvalue weighted by atomic mass is 10.1. The molecule has 3 aromatic rings. The normalized spacial score (nSPS) is 13.9. The molecule has 0 unspecified atom stereocenters. The Morgan fingerprint density at radius 1 is 1.11 bits per heavy atom. The Labute approximate surface area is 237 Å². The molecule has 4 rings (SSSR count). The first kappa shape index (κ1) is 27.2. The SMILES string of the molecule is CCOc1ccc(NC(=O)CN2C(=O)S/C(=C/c3ccc(OCc4ccccc4C#N)c(I)c3)C2=O)cc1. The molecule has 0 spiro atoms. The van der Waals surface area contributed by atoms with E-state index in [0.717, 1.165) is 25.8 Å². The van der Waals surface area contributed by atoms with E-state index >= 15 is 0 Å². The molecule has 10 heteroatoms. The fraction of sp³-hybridized carbons (Fsp3) is 0.143. The van der Waals surface area contributed by atoms with E-state index in [-0.39, 0.29) is 18.1 Å². The maximum Gasteiger partial charge on any atom is 0.294 e. The van der Waals surface area contributed by atoms with Crippen LogP contribution in [-0.4, -0.2) is 35.1 Å². The summed E-state index contributed by atoms with van der Waals surface area (Å²) < 4.78 is 12.1. The predicted molar refractivity (Wildman–Crippen MR) is 154 cm³/mol. The molecule has 1 fully saturated rings. The van der Waals surface area contributed by atoms with E-state index in [1.165, 1.54) is 0 Å². The van der Waals surface area contributed by atoms with Crippen LogP contribution in [0.25, 0.3) is 6.08 Å². The summed E-state index contributed by atoms with van der Waals surface area (Å²) >= 11 is 2.92. The highest BCUT2D eigenvalue weighted by molar-refractivity contribution is 14.1. The lowest BCUT2D eigenvalue weighted by molar-refractivity contribution is -0.127. The molecule has 0 bridgehead atoms. The second-order valence-corrected chi connectivity index (χ2v) is 10.2. The second kappa shape index (κ2) is 12.6. The largest absolute Gasteiger partial charge is 0.494 e. The van der Waals surface area contributed by atoms with Crippen molar-refractivity contribution in [3.8, 4) is 17.6 Å². The molecule has 38 heavy (non-hydrogen) atoms. The molecule has 3 aromatic carbocycles. The number of amides is 3. The molecule has 1 aliphatic rings. The van der Waals surface area contributed by atoms with Gasteiger partial charge in [-0.3, -0.25) is 19.3 Å². The van der Waals surface area contributed by atoms with E-state index in [4.69, 9.17) is 9.47 Å². The Morgan fingerprint density at radius 3 is 2.58 bits per heavy atom. The quantitative estimate of drug-likeness (QED) is 0.232. The number of anilines is 1. The van der Waals surface area contributed by atoms with Crippen molar-refractivity contribution < 1.29 is 23.9 Å². The Hall–Kier alpha value is -3.82. The Balaban J connectivity index is 1.38. The van der Waals surface area contributed by atoms with Gasteiger partial charge in [-0.25, -0.2) is 0 Å². The zero-order valence-electron chi connectivity index (χ0n) is 20.3. The first-order valence-corrected chi connectivity index (χ1v) is 13.5. The van der Waals surface area contributed by atoms with Gasteiger partial charge in [-0.1, -0.05) is 24.3 Å². The minimum absolute atomic E-state index is 0.233. The van der Waals surface area contributed by atoms with Gasteiger partial charge in [-0.2, -0.15) is 5.26 Å². The van der Waals surface area contributed by atoms with Crippen LogP contribution in [0.3, 0.4) is 0 Å². The molecule has 0 saturated carbocycles. The monoisotopic (exact) mass is 639 g/mol. The Morgan fingerprint density at radius 2 is 1.87 bits per heavy atom. The molecule has 1 N–H and O–H groups in total. The zero-order valence-corrected chi connectivity index (χ0v) is 23.2. The summed E-state index contributed by atoms with van der Waals surface area (Å²) in [5.41, 5.74) is 2.59. The molecule has 3 amide bonds. The van der Waals surface area contributed by atoms with Crippen molar-refractivity contribution in [2.24, 2.45) is 0 Å². The number of hydrogen-bond donors (Lipinski definition) is 1. The van der Waals surface area contributed by atoms with Crippen molar-refractivity contribution in [3.05, 3.63) is 91.9 Å². The third kappa shape index (κ3) is 6.73. The van der Waals surface area contributed by atoms with Gasteiger partial charge in [0.05, 0.1) is 26.7 Å². The molecular formula is C28H22IN3O5S. The van der Waals surface area contributed by atoms with Crippen LogP contribution >= 0.6 is 34.4 Å². The molecule has 192 valence electrons. The van der Waals surface area contributed by atoms with Crippen LogP contribution in [0.1, 0.15) is 23.6 Å². The van der Waals surface area contributed by atoms with Gasteiger partial charge >= 0.3 is 0 Å². The molecule has 1 heterocycles. The van der Waals surface area contributed by atoms with Gasteiger partial charge in [-0.15, -0.1) is 0 Å². The molecule has 0 aliphatic carbocycles. The van der Waals surface area contributed by atoms with Crippen molar-refractivity contribution >= 4 is 63.2 Å². The third-order valence-electron chi connectivity index (χ3n) is 5.40. The molecule has 0 aromatic heterocycles. The number of hydrogen-bond acceptors (Lipinski definition) is 7. The summed E-state index contributed by atoms with van der Waals surface area (Å²) in [5, 5.41) is 11.4. The Bertz CT molecular complexity index is 1450. The van der Waals surface area contributed by atoms with Crippen LogP contribution < -0.4 is 14.8 Å². The van der Waals surface area contributed by atoms with Gasteiger partial charge in [0.15, 0.2) is 0 Å². The zero-order chi connectivity index (χ0) is 27.1. The number of nitrogens with zero attached hydrogens (tertiary/aromatic N) is 2. The number of nitriles is 1. The number of rotatable bonds is 9. The van der Waals surface area contributed by atoms with Gasteiger partial charge < -0.3 is 14.8 Å². The highest BCUT2D eigenvalue weighted by Crippen LogP contribution is 2.33. The van der Waals surface area contributed by atoms with E-state index < -0.39 is 17.1 Å². The predicted octanol–water partition coefficient (Wildman–Crippen LogP) is 5.82. The van der Waals surface area contributed by atoms with Gasteiger partial charge in [-0.05, 0) is 95.4 Å². The molecule has 0 atom stereocenters. The lowest BCUT2D eigenvalue weighted by Crippen LogP contribution is -2.36. The summed E-state index contributed by atoms with van der Waals surface area (Å²) in [4.78, 5) is 39.0. The fourth-order valence-electron chi connectivity index (χ4n) is 3.57.